The first kappa shape index (κ1) is 15.2. The molecule has 124 valence electrons. The van der Waals surface area contributed by atoms with E-state index in [2.05, 4.69) is 4.98 Å². The van der Waals surface area contributed by atoms with Crippen LogP contribution in [0.15, 0.2) is 24.4 Å². The first-order chi connectivity index (χ1) is 11.5. The van der Waals surface area contributed by atoms with Gasteiger partial charge in [0.15, 0.2) is 0 Å². The van der Waals surface area contributed by atoms with Gasteiger partial charge in [-0.1, -0.05) is 12.1 Å². The molecule has 0 aliphatic heterocycles. The second-order valence-electron chi connectivity index (χ2n) is 6.81. The summed E-state index contributed by atoms with van der Waals surface area (Å²) in [5.41, 5.74) is 2.10. The zero-order chi connectivity index (χ0) is 16.9. The molecule has 5 heteroatoms. The Kier molecular flexibility index (Phi) is 3.41. The van der Waals surface area contributed by atoms with Crippen molar-refractivity contribution >= 4 is 5.97 Å². The highest BCUT2D eigenvalue weighted by Gasteiger charge is 2.48. The van der Waals surface area contributed by atoms with Crippen LogP contribution < -0.4 is 0 Å². The molecule has 4 nitrogen and oxygen atoms in total. The maximum Gasteiger partial charge on any atom is 0.317 e. The highest BCUT2D eigenvalue weighted by atomic mass is 19.1. The van der Waals surface area contributed by atoms with Gasteiger partial charge in [0.1, 0.15) is 17.1 Å². The van der Waals surface area contributed by atoms with E-state index in [-0.39, 0.29) is 11.8 Å². The minimum absolute atomic E-state index is 0.309. The molecule has 0 radical (unpaired) electrons. The molecule has 1 saturated carbocycles. The molecule has 4 rings (SSSR count). The molecule has 1 aromatic carbocycles. The number of methoxy groups -OCH3 is 1. The summed E-state index contributed by atoms with van der Waals surface area (Å²) in [6.45, 7) is 1.71. The molecule has 0 bridgehead atoms. The maximum atomic E-state index is 14.1. The number of nitrogens with zero attached hydrogens (tertiary/aromatic N) is 2. The summed E-state index contributed by atoms with van der Waals surface area (Å²) >= 11 is 0. The van der Waals surface area contributed by atoms with Gasteiger partial charge in [0.05, 0.1) is 7.11 Å². The number of rotatable bonds is 3. The van der Waals surface area contributed by atoms with Crippen molar-refractivity contribution in [1.82, 2.24) is 9.97 Å². The van der Waals surface area contributed by atoms with E-state index in [0.29, 0.717) is 29.9 Å². The number of ether oxygens (including phenoxy) is 1. The Morgan fingerprint density at radius 1 is 1.33 bits per heavy atom. The lowest BCUT2D eigenvalue weighted by molar-refractivity contribution is -0.147. The van der Waals surface area contributed by atoms with Crippen molar-refractivity contribution in [3.8, 4) is 0 Å². The largest absolute Gasteiger partial charge is 0.468 e. The van der Waals surface area contributed by atoms with Crippen LogP contribution in [0, 0.1) is 12.7 Å². The number of carbonyl (C=O) groups is 1. The number of carbonyl (C=O) groups excluding carboxylic acids is 1. The number of hydrogen-bond acceptors (Lipinski definition) is 4. The zero-order valence-electron chi connectivity index (χ0n) is 13.8. The normalized spacial score (nSPS) is 22.3. The molecule has 0 N–H and O–H groups in total. The average molecular weight is 326 g/mol. The van der Waals surface area contributed by atoms with Gasteiger partial charge in [-0.3, -0.25) is 4.79 Å². The fraction of sp³-hybridized carbons (Fsp3) is 0.421. The minimum Gasteiger partial charge on any atom is -0.468 e. The fourth-order valence-corrected chi connectivity index (χ4v) is 3.74. The van der Waals surface area contributed by atoms with Crippen LogP contribution in [0.25, 0.3) is 0 Å². The van der Waals surface area contributed by atoms with E-state index in [0.717, 1.165) is 29.9 Å². The standard InChI is InChI=1S/C19H19FN2O2/c1-11-14(4-3-5-15(11)20)19(18(23)24-2)8-13-10-21-17(12-6-7-12)22-16(13)9-19/h3-5,10,12H,6-9H2,1-2H3. The van der Waals surface area contributed by atoms with Gasteiger partial charge in [-0.05, 0) is 48.9 Å². The van der Waals surface area contributed by atoms with Crippen LogP contribution in [0.4, 0.5) is 4.39 Å². The molecule has 2 aliphatic rings. The van der Waals surface area contributed by atoms with Gasteiger partial charge in [0.2, 0.25) is 0 Å². The van der Waals surface area contributed by atoms with Gasteiger partial charge >= 0.3 is 5.97 Å². The van der Waals surface area contributed by atoms with Gasteiger partial charge in [0, 0.05) is 24.2 Å². The lowest BCUT2D eigenvalue weighted by Gasteiger charge is -2.28. The van der Waals surface area contributed by atoms with Gasteiger partial charge in [-0.15, -0.1) is 0 Å². The van der Waals surface area contributed by atoms with E-state index in [1.165, 1.54) is 13.2 Å². The van der Waals surface area contributed by atoms with Crippen LogP contribution in [0.3, 0.4) is 0 Å². The Hall–Kier alpha value is -2.30. The van der Waals surface area contributed by atoms with E-state index in [9.17, 15) is 9.18 Å². The molecular weight excluding hydrogens is 307 g/mol. The SMILES string of the molecule is COC(=O)C1(c2cccc(F)c2C)Cc2cnc(C3CC3)nc2C1. The maximum absolute atomic E-state index is 14.1. The number of esters is 1. The van der Waals surface area contributed by atoms with E-state index in [1.807, 2.05) is 12.3 Å². The van der Waals surface area contributed by atoms with Crippen LogP contribution in [-0.2, 0) is 27.8 Å². The van der Waals surface area contributed by atoms with Gasteiger partial charge in [-0.2, -0.15) is 0 Å². The number of fused-ring (bicyclic) bond motifs is 1. The summed E-state index contributed by atoms with van der Waals surface area (Å²) in [6.07, 6.45) is 4.97. The van der Waals surface area contributed by atoms with E-state index in [4.69, 9.17) is 9.72 Å². The summed E-state index contributed by atoms with van der Waals surface area (Å²) in [5.74, 6) is 0.670. The summed E-state index contributed by atoms with van der Waals surface area (Å²) in [7, 11) is 1.38. The van der Waals surface area contributed by atoms with E-state index in [1.54, 1.807) is 13.0 Å². The number of halogens is 1. The molecule has 2 aliphatic carbocycles. The van der Waals surface area contributed by atoms with E-state index < -0.39 is 5.41 Å². The van der Waals surface area contributed by atoms with Gasteiger partial charge < -0.3 is 4.74 Å². The first-order valence-corrected chi connectivity index (χ1v) is 8.24. The predicted molar refractivity (Wildman–Crippen MR) is 86.2 cm³/mol. The quantitative estimate of drug-likeness (QED) is 0.814. The second kappa shape index (κ2) is 5.36. The smallest absolute Gasteiger partial charge is 0.317 e. The Morgan fingerprint density at radius 3 is 2.83 bits per heavy atom. The molecule has 1 unspecified atom stereocenters. The number of benzene rings is 1. The Balaban J connectivity index is 1.82. The third-order valence-electron chi connectivity index (χ3n) is 5.24. The molecule has 1 atom stereocenters. The van der Waals surface area contributed by atoms with Gasteiger partial charge in [-0.25, -0.2) is 14.4 Å². The lowest BCUT2D eigenvalue weighted by atomic mass is 9.76. The first-order valence-electron chi connectivity index (χ1n) is 8.24. The van der Waals surface area contributed by atoms with Crippen molar-refractivity contribution in [3.63, 3.8) is 0 Å². The Bertz CT molecular complexity index is 832. The Labute approximate surface area is 140 Å². The molecule has 1 heterocycles. The van der Waals surface area contributed by atoms with Gasteiger partial charge in [0.25, 0.3) is 0 Å². The number of hydrogen-bond donors (Lipinski definition) is 0. The van der Waals surface area contributed by atoms with Crippen LogP contribution >= 0.6 is 0 Å². The molecule has 1 fully saturated rings. The molecule has 1 aromatic heterocycles. The second-order valence-corrected chi connectivity index (χ2v) is 6.81. The highest BCUT2D eigenvalue weighted by molar-refractivity contribution is 5.85. The summed E-state index contributed by atoms with van der Waals surface area (Å²) < 4.78 is 19.2. The molecule has 0 amide bonds. The summed E-state index contributed by atoms with van der Waals surface area (Å²) in [6, 6.07) is 4.88. The van der Waals surface area contributed by atoms with Crippen LogP contribution in [0.1, 0.15) is 47.0 Å². The van der Waals surface area contributed by atoms with Crippen molar-refractivity contribution in [2.75, 3.05) is 7.11 Å². The van der Waals surface area contributed by atoms with Crippen LogP contribution in [0.2, 0.25) is 0 Å². The topological polar surface area (TPSA) is 52.1 Å². The monoisotopic (exact) mass is 326 g/mol. The van der Waals surface area contributed by atoms with E-state index >= 15 is 0 Å². The third kappa shape index (κ3) is 2.22. The molecule has 24 heavy (non-hydrogen) atoms. The number of aromatic nitrogens is 2. The summed E-state index contributed by atoms with van der Waals surface area (Å²) in [5, 5.41) is 0. The molecule has 2 aromatic rings. The van der Waals surface area contributed by atoms with Crippen LogP contribution in [0.5, 0.6) is 0 Å². The fourth-order valence-electron chi connectivity index (χ4n) is 3.74. The third-order valence-corrected chi connectivity index (χ3v) is 5.24. The van der Waals surface area contributed by atoms with Crippen molar-refractivity contribution in [1.29, 1.82) is 0 Å². The highest BCUT2D eigenvalue weighted by Crippen LogP contribution is 2.43. The lowest BCUT2D eigenvalue weighted by Crippen LogP contribution is -2.38. The molecule has 0 spiro atoms. The molecule has 0 saturated heterocycles. The predicted octanol–water partition coefficient (Wildman–Crippen LogP) is 3.01. The minimum atomic E-state index is -0.917. The van der Waals surface area contributed by atoms with Crippen LogP contribution in [-0.4, -0.2) is 23.0 Å². The van der Waals surface area contributed by atoms with Crippen molar-refractivity contribution in [2.45, 2.75) is 43.9 Å². The zero-order valence-corrected chi connectivity index (χ0v) is 13.8. The van der Waals surface area contributed by atoms with Crippen molar-refractivity contribution < 1.29 is 13.9 Å². The summed E-state index contributed by atoms with van der Waals surface area (Å²) in [4.78, 5) is 21.9. The Morgan fingerprint density at radius 2 is 2.12 bits per heavy atom. The molecular formula is C19H19FN2O2. The van der Waals surface area contributed by atoms with Crippen molar-refractivity contribution in [3.05, 3.63) is 58.4 Å². The van der Waals surface area contributed by atoms with Crippen molar-refractivity contribution in [2.24, 2.45) is 0 Å². The average Bonchev–Trinajstić information content (AvgIpc) is 3.36.